The molecular formula is C21H36O13. The fraction of sp³-hybridized carbons (Fsp3) is 0.905. The zero-order valence-electron chi connectivity index (χ0n) is 19.9. The highest BCUT2D eigenvalue weighted by molar-refractivity contribution is 5.73. The topological polar surface area (TPSA) is 213 Å². The molecule has 1 saturated heterocycles. The summed E-state index contributed by atoms with van der Waals surface area (Å²) in [5.41, 5.74) is -2.74. The number of aliphatic carboxylic acids is 2. The van der Waals surface area contributed by atoms with Gasteiger partial charge in [0.25, 0.3) is 0 Å². The number of carbonyl (C=O) groups is 2. The number of carboxylic acid groups (broad SMARTS) is 2. The van der Waals surface area contributed by atoms with E-state index < -0.39 is 89.9 Å². The van der Waals surface area contributed by atoms with Gasteiger partial charge in [-0.05, 0) is 13.8 Å². The number of hydrogen-bond donors (Lipinski definition) is 7. The molecule has 0 amide bonds. The van der Waals surface area contributed by atoms with Crippen LogP contribution in [0, 0.1) is 17.3 Å². The van der Waals surface area contributed by atoms with E-state index in [1.807, 2.05) is 0 Å². The normalized spacial score (nSPS) is 40.2. The summed E-state index contributed by atoms with van der Waals surface area (Å²) in [5.74, 6) is -5.91. The van der Waals surface area contributed by atoms with Crippen LogP contribution in [0.25, 0.3) is 0 Å². The molecule has 2 aliphatic rings. The number of rotatable bonds is 9. The van der Waals surface area contributed by atoms with Gasteiger partial charge >= 0.3 is 11.9 Å². The predicted octanol–water partition coefficient (Wildman–Crippen LogP) is -2.22. The Labute approximate surface area is 196 Å². The summed E-state index contributed by atoms with van der Waals surface area (Å²) in [4.78, 5) is 23.6. The van der Waals surface area contributed by atoms with Crippen LogP contribution in [0.1, 0.15) is 27.7 Å². The number of aliphatic hydroxyl groups is 5. The molecule has 198 valence electrons. The van der Waals surface area contributed by atoms with Crippen molar-refractivity contribution in [1.82, 2.24) is 0 Å². The Morgan fingerprint density at radius 1 is 0.853 bits per heavy atom. The summed E-state index contributed by atoms with van der Waals surface area (Å²) in [6.45, 7) is 6.11. The molecule has 0 aromatic rings. The Morgan fingerprint density at radius 2 is 1.41 bits per heavy atom. The Bertz CT molecular complexity index is 740. The molecule has 1 heterocycles. The zero-order valence-corrected chi connectivity index (χ0v) is 19.9. The van der Waals surface area contributed by atoms with Crippen molar-refractivity contribution in [3.8, 4) is 0 Å². The molecule has 6 unspecified atom stereocenters. The molecule has 13 nitrogen and oxygen atoms in total. The van der Waals surface area contributed by atoms with Gasteiger partial charge in [0.05, 0.1) is 29.8 Å². The van der Waals surface area contributed by atoms with Gasteiger partial charge in [-0.25, -0.2) is 4.79 Å². The molecule has 0 spiro atoms. The van der Waals surface area contributed by atoms with Crippen molar-refractivity contribution in [2.24, 2.45) is 17.3 Å². The molecule has 0 aromatic carbocycles. The highest BCUT2D eigenvalue weighted by atomic mass is 16.6. The van der Waals surface area contributed by atoms with Gasteiger partial charge in [-0.15, -0.1) is 0 Å². The maximum Gasteiger partial charge on any atom is 0.335 e. The molecular weight excluding hydrogens is 460 g/mol. The predicted molar refractivity (Wildman–Crippen MR) is 111 cm³/mol. The van der Waals surface area contributed by atoms with E-state index in [2.05, 4.69) is 0 Å². The minimum atomic E-state index is -1.71. The van der Waals surface area contributed by atoms with Crippen molar-refractivity contribution in [3.63, 3.8) is 0 Å². The molecule has 13 heteroatoms. The standard InChI is InChI=1S/C21H36O13/c1-20(2,16-12(25)11(24)14(31-5)15(33-16)18(28)29)21(3,4)34-13-8(17(26)27)9(22)7(10(13)23)19(30)32-6/h7-16,19,22-25,30H,1-6H3,(H,26,27)(H,28,29)/t7?,8?,9?,10?,11?,12?,13-,14+,15-,16-,19+/m1/s1. The van der Waals surface area contributed by atoms with Crippen molar-refractivity contribution >= 4 is 11.9 Å². The van der Waals surface area contributed by atoms with E-state index in [0.717, 1.165) is 7.11 Å². The van der Waals surface area contributed by atoms with Gasteiger partial charge in [0.1, 0.15) is 30.3 Å². The minimum Gasteiger partial charge on any atom is -0.481 e. The number of aliphatic hydroxyl groups excluding tert-OH is 5. The Balaban J connectivity index is 2.39. The Morgan fingerprint density at radius 3 is 1.85 bits per heavy atom. The lowest BCUT2D eigenvalue weighted by Gasteiger charge is -2.53. The zero-order chi connectivity index (χ0) is 26.3. The lowest BCUT2D eigenvalue weighted by Crippen LogP contribution is -2.67. The summed E-state index contributed by atoms with van der Waals surface area (Å²) in [7, 11) is 2.29. The lowest BCUT2D eigenvalue weighted by atomic mass is 9.68. The van der Waals surface area contributed by atoms with Crippen molar-refractivity contribution in [2.45, 2.75) is 88.4 Å². The van der Waals surface area contributed by atoms with Crippen molar-refractivity contribution in [1.29, 1.82) is 0 Å². The summed E-state index contributed by atoms with van der Waals surface area (Å²) in [6, 6.07) is 0. The van der Waals surface area contributed by atoms with Gasteiger partial charge in [-0.1, -0.05) is 13.8 Å². The molecule has 1 aliphatic carbocycles. The first-order valence-corrected chi connectivity index (χ1v) is 10.8. The van der Waals surface area contributed by atoms with Crippen molar-refractivity contribution in [2.75, 3.05) is 14.2 Å². The number of ether oxygens (including phenoxy) is 4. The SMILES string of the molecule is CO[C@H](O)C1C(O)C(C(=O)O)[C@@H](OC(C)(C)C(C)(C)[C@@H]2O[C@@H](C(=O)O)[C@@H](OC)C(O)C2O)C1O. The first-order valence-electron chi connectivity index (χ1n) is 10.8. The van der Waals surface area contributed by atoms with E-state index in [9.17, 15) is 45.3 Å². The third kappa shape index (κ3) is 4.81. The molecule has 0 aromatic heterocycles. The summed E-state index contributed by atoms with van der Waals surface area (Å²) in [5, 5.41) is 71.7. The maximum atomic E-state index is 11.9. The lowest BCUT2D eigenvalue weighted by molar-refractivity contribution is -0.283. The fourth-order valence-corrected chi connectivity index (χ4v) is 4.75. The molecule has 0 radical (unpaired) electrons. The second-order valence-corrected chi connectivity index (χ2v) is 9.86. The largest absolute Gasteiger partial charge is 0.481 e. The average Bonchev–Trinajstić information content (AvgIpc) is 2.97. The molecule has 7 N–H and O–H groups in total. The molecule has 2 fully saturated rings. The van der Waals surface area contributed by atoms with Crippen molar-refractivity contribution in [3.05, 3.63) is 0 Å². The van der Waals surface area contributed by atoms with Gasteiger partial charge in [0.2, 0.25) is 0 Å². The van der Waals surface area contributed by atoms with Crippen LogP contribution in [0.5, 0.6) is 0 Å². The number of methoxy groups -OCH3 is 2. The molecule has 34 heavy (non-hydrogen) atoms. The van der Waals surface area contributed by atoms with E-state index in [-0.39, 0.29) is 0 Å². The Hall–Kier alpha value is -1.42. The van der Waals surface area contributed by atoms with Crippen LogP contribution in [0.2, 0.25) is 0 Å². The van der Waals surface area contributed by atoms with Crippen LogP contribution in [0.3, 0.4) is 0 Å². The second-order valence-electron chi connectivity index (χ2n) is 9.86. The van der Waals surface area contributed by atoms with E-state index in [1.54, 1.807) is 13.8 Å². The average molecular weight is 497 g/mol. The van der Waals surface area contributed by atoms with Crippen LogP contribution < -0.4 is 0 Å². The monoisotopic (exact) mass is 496 g/mol. The van der Waals surface area contributed by atoms with E-state index in [0.29, 0.717) is 0 Å². The molecule has 2 rings (SSSR count). The highest BCUT2D eigenvalue weighted by Crippen LogP contribution is 2.47. The van der Waals surface area contributed by atoms with Crippen LogP contribution >= 0.6 is 0 Å². The summed E-state index contributed by atoms with van der Waals surface area (Å²) < 4.78 is 21.4. The van der Waals surface area contributed by atoms with Crippen LogP contribution in [-0.4, -0.2) is 123 Å². The van der Waals surface area contributed by atoms with Gasteiger partial charge < -0.3 is 54.7 Å². The van der Waals surface area contributed by atoms with E-state index >= 15 is 0 Å². The van der Waals surface area contributed by atoms with Crippen LogP contribution in [-0.2, 0) is 28.5 Å². The van der Waals surface area contributed by atoms with Crippen molar-refractivity contribution < 1.29 is 64.3 Å². The number of carboxylic acids is 2. The molecule has 0 bridgehead atoms. The molecule has 11 atom stereocenters. The van der Waals surface area contributed by atoms with Crippen LogP contribution in [0.15, 0.2) is 0 Å². The minimum absolute atomic E-state index is 1.13. The van der Waals surface area contributed by atoms with Gasteiger partial charge in [0, 0.05) is 19.6 Å². The first kappa shape index (κ1) is 28.8. The fourth-order valence-electron chi connectivity index (χ4n) is 4.75. The van der Waals surface area contributed by atoms with Gasteiger partial charge in [-0.3, -0.25) is 4.79 Å². The first-order chi connectivity index (χ1) is 15.5. The third-order valence-electron chi connectivity index (χ3n) is 7.50. The number of hydrogen-bond acceptors (Lipinski definition) is 11. The Kier molecular flexibility index (Phi) is 8.72. The summed E-state index contributed by atoms with van der Waals surface area (Å²) >= 11 is 0. The van der Waals surface area contributed by atoms with E-state index in [1.165, 1.54) is 21.0 Å². The van der Waals surface area contributed by atoms with Crippen LogP contribution in [0.4, 0.5) is 0 Å². The van der Waals surface area contributed by atoms with E-state index in [4.69, 9.17) is 18.9 Å². The quantitative estimate of drug-likeness (QED) is 0.169. The molecule has 1 aliphatic heterocycles. The summed E-state index contributed by atoms with van der Waals surface area (Å²) in [6.07, 6.45) is -14.0. The molecule has 1 saturated carbocycles. The second kappa shape index (κ2) is 10.3. The highest BCUT2D eigenvalue weighted by Gasteiger charge is 2.61. The smallest absolute Gasteiger partial charge is 0.335 e. The maximum absolute atomic E-state index is 11.9. The van der Waals surface area contributed by atoms with Gasteiger partial charge in [-0.2, -0.15) is 0 Å². The van der Waals surface area contributed by atoms with Gasteiger partial charge in [0.15, 0.2) is 12.4 Å². The third-order valence-corrected chi connectivity index (χ3v) is 7.50.